The highest BCUT2D eigenvalue weighted by Crippen LogP contribution is 2.20. The Morgan fingerprint density at radius 3 is 2.44 bits per heavy atom. The van der Waals surface area contributed by atoms with Crippen molar-refractivity contribution in [1.82, 2.24) is 15.5 Å². The molecule has 0 radical (unpaired) electrons. The maximum atomic E-state index is 11.6. The topological polar surface area (TPSA) is 83.0 Å². The Hall–Kier alpha value is -1.06. The second-order valence-electron chi connectivity index (χ2n) is 6.33. The van der Waals surface area contributed by atoms with Gasteiger partial charge in [0, 0.05) is 33.1 Å². The first-order valence-electron chi connectivity index (χ1n) is 8.89. The summed E-state index contributed by atoms with van der Waals surface area (Å²) in [5.74, 6) is 1.17. The number of piperidine rings is 1. The Bertz CT molecular complexity index is 436. The summed E-state index contributed by atoms with van der Waals surface area (Å²) < 4.78 is 5.12. The van der Waals surface area contributed by atoms with Gasteiger partial charge < -0.3 is 20.3 Å². The number of nitrogens with one attached hydrogen (secondary N) is 2. The Balaban J connectivity index is 0.00000576. The van der Waals surface area contributed by atoms with Gasteiger partial charge in [0.25, 0.3) is 0 Å². The first-order chi connectivity index (χ1) is 11.5. The van der Waals surface area contributed by atoms with Crippen molar-refractivity contribution in [1.29, 1.82) is 0 Å². The molecule has 1 saturated heterocycles. The van der Waals surface area contributed by atoms with Crippen LogP contribution in [0, 0.1) is 5.92 Å². The number of carbonyl (C=O) groups is 2. The Morgan fingerprint density at radius 1 is 1.28 bits per heavy atom. The van der Waals surface area contributed by atoms with Crippen LogP contribution < -0.4 is 10.6 Å². The summed E-state index contributed by atoms with van der Waals surface area (Å²) >= 11 is 0. The third-order valence-corrected chi connectivity index (χ3v) is 3.95. The van der Waals surface area contributed by atoms with Crippen molar-refractivity contribution in [2.45, 2.75) is 52.6 Å². The van der Waals surface area contributed by atoms with Crippen LogP contribution in [0.5, 0.6) is 0 Å². The van der Waals surface area contributed by atoms with Gasteiger partial charge in [0.05, 0.1) is 19.1 Å². The first-order valence-corrected chi connectivity index (χ1v) is 8.89. The van der Waals surface area contributed by atoms with Crippen LogP contribution in [0.4, 0.5) is 0 Å². The fraction of sp³-hybridized carbons (Fsp3) is 0.824. The quantitative estimate of drug-likeness (QED) is 0.258. The molecule has 0 spiro atoms. The highest BCUT2D eigenvalue weighted by atomic mass is 127. The molecule has 0 unspecified atom stereocenters. The molecular formula is C17H33IN4O3. The minimum atomic E-state index is -0.214. The predicted molar refractivity (Wildman–Crippen MR) is 110 cm³/mol. The Morgan fingerprint density at radius 2 is 1.92 bits per heavy atom. The summed E-state index contributed by atoms with van der Waals surface area (Å²) in [6.07, 6.45) is 2.76. The van der Waals surface area contributed by atoms with Crippen LogP contribution >= 0.6 is 24.0 Å². The monoisotopic (exact) mass is 468 g/mol. The number of esters is 1. The SMILES string of the molecule is CCNC(=NCCC(=O)OC(C)C)N1CCC(CC(=O)NC)CC1.I. The van der Waals surface area contributed by atoms with Gasteiger partial charge in [-0.2, -0.15) is 0 Å². The van der Waals surface area contributed by atoms with Gasteiger partial charge >= 0.3 is 5.97 Å². The molecule has 0 aliphatic carbocycles. The summed E-state index contributed by atoms with van der Waals surface area (Å²) in [6, 6.07) is 0. The zero-order chi connectivity index (χ0) is 17.9. The predicted octanol–water partition coefficient (Wildman–Crippen LogP) is 1.76. The fourth-order valence-electron chi connectivity index (χ4n) is 2.71. The molecule has 1 heterocycles. The second-order valence-corrected chi connectivity index (χ2v) is 6.33. The van der Waals surface area contributed by atoms with E-state index in [1.54, 1.807) is 7.05 Å². The van der Waals surface area contributed by atoms with E-state index in [-0.39, 0.29) is 42.0 Å². The third-order valence-electron chi connectivity index (χ3n) is 3.95. The van der Waals surface area contributed by atoms with Crippen LogP contribution in [0.1, 0.15) is 46.5 Å². The summed E-state index contributed by atoms with van der Waals surface area (Å²) in [5, 5.41) is 5.96. The van der Waals surface area contributed by atoms with Gasteiger partial charge in [0.1, 0.15) is 0 Å². The number of nitrogens with zero attached hydrogens (tertiary/aromatic N) is 2. The van der Waals surface area contributed by atoms with E-state index >= 15 is 0 Å². The van der Waals surface area contributed by atoms with Gasteiger partial charge in [-0.25, -0.2) is 0 Å². The van der Waals surface area contributed by atoms with Crippen molar-refractivity contribution in [3.63, 3.8) is 0 Å². The number of hydrogen-bond donors (Lipinski definition) is 2. The van der Waals surface area contributed by atoms with E-state index in [1.165, 1.54) is 0 Å². The van der Waals surface area contributed by atoms with E-state index in [4.69, 9.17) is 4.74 Å². The average molecular weight is 468 g/mol. The van der Waals surface area contributed by atoms with Crippen molar-refractivity contribution in [2.24, 2.45) is 10.9 Å². The van der Waals surface area contributed by atoms with Gasteiger partial charge in [-0.05, 0) is 39.5 Å². The fourth-order valence-corrected chi connectivity index (χ4v) is 2.71. The largest absolute Gasteiger partial charge is 0.463 e. The number of carbonyl (C=O) groups excluding carboxylic acids is 2. The van der Waals surface area contributed by atoms with Crippen LogP contribution in [-0.2, 0) is 14.3 Å². The number of amides is 1. The smallest absolute Gasteiger partial charge is 0.307 e. The van der Waals surface area contributed by atoms with Crippen LogP contribution in [0.15, 0.2) is 4.99 Å². The van der Waals surface area contributed by atoms with Gasteiger partial charge in [-0.3, -0.25) is 14.6 Å². The number of rotatable bonds is 7. The molecule has 0 bridgehead atoms. The molecule has 2 N–H and O–H groups in total. The molecule has 1 amide bonds. The van der Waals surface area contributed by atoms with Crippen LogP contribution in [0.2, 0.25) is 0 Å². The van der Waals surface area contributed by atoms with Crippen molar-refractivity contribution in [3.8, 4) is 0 Å². The van der Waals surface area contributed by atoms with Gasteiger partial charge in [0.2, 0.25) is 5.91 Å². The number of likely N-dealkylation sites (tertiary alicyclic amines) is 1. The van der Waals surface area contributed by atoms with Crippen LogP contribution in [-0.4, -0.2) is 62.1 Å². The molecule has 1 aliphatic heterocycles. The number of aliphatic imine (C=N–C) groups is 1. The van der Waals surface area contributed by atoms with Crippen molar-refractivity contribution in [3.05, 3.63) is 0 Å². The lowest BCUT2D eigenvalue weighted by Crippen LogP contribution is -2.46. The molecular weight excluding hydrogens is 435 g/mol. The normalized spacial score (nSPS) is 15.6. The zero-order valence-corrected chi connectivity index (χ0v) is 18.2. The molecule has 0 aromatic rings. The standard InChI is InChI=1S/C17H32N4O3.HI/c1-5-19-17(20-9-6-16(23)24-13(2)3)21-10-7-14(8-11-21)12-15(22)18-4;/h13-14H,5-12H2,1-4H3,(H,18,22)(H,19,20);1H. The van der Waals surface area contributed by atoms with Crippen molar-refractivity contribution < 1.29 is 14.3 Å². The second kappa shape index (κ2) is 13.2. The van der Waals surface area contributed by atoms with Crippen LogP contribution in [0.3, 0.4) is 0 Å². The lowest BCUT2D eigenvalue weighted by Gasteiger charge is -2.34. The van der Waals surface area contributed by atoms with E-state index in [1.807, 2.05) is 20.8 Å². The minimum Gasteiger partial charge on any atom is -0.463 e. The number of hydrogen-bond acceptors (Lipinski definition) is 4. The molecule has 25 heavy (non-hydrogen) atoms. The highest BCUT2D eigenvalue weighted by molar-refractivity contribution is 14.0. The van der Waals surface area contributed by atoms with E-state index in [0.29, 0.717) is 25.3 Å². The molecule has 0 atom stereocenters. The van der Waals surface area contributed by atoms with Gasteiger partial charge in [0.15, 0.2) is 5.96 Å². The van der Waals surface area contributed by atoms with Gasteiger partial charge in [-0.1, -0.05) is 0 Å². The zero-order valence-electron chi connectivity index (χ0n) is 15.8. The lowest BCUT2D eigenvalue weighted by molar-refractivity contribution is -0.147. The van der Waals surface area contributed by atoms with E-state index < -0.39 is 0 Å². The average Bonchev–Trinajstić information content (AvgIpc) is 2.54. The summed E-state index contributed by atoms with van der Waals surface area (Å²) in [6.45, 7) is 8.68. The number of guanidine groups is 1. The summed E-state index contributed by atoms with van der Waals surface area (Å²) in [4.78, 5) is 29.8. The Kier molecular flexibility index (Phi) is 12.6. The molecule has 1 rings (SSSR count). The molecule has 0 aromatic carbocycles. The highest BCUT2D eigenvalue weighted by Gasteiger charge is 2.23. The summed E-state index contributed by atoms with van der Waals surface area (Å²) in [7, 11) is 1.68. The molecule has 0 saturated carbocycles. The van der Waals surface area contributed by atoms with E-state index in [0.717, 1.165) is 38.4 Å². The molecule has 7 nitrogen and oxygen atoms in total. The first kappa shape index (κ1) is 23.9. The maximum absolute atomic E-state index is 11.6. The van der Waals surface area contributed by atoms with Crippen molar-refractivity contribution >= 4 is 41.8 Å². The van der Waals surface area contributed by atoms with E-state index in [2.05, 4.69) is 20.5 Å². The maximum Gasteiger partial charge on any atom is 0.307 e. The third kappa shape index (κ3) is 9.86. The molecule has 146 valence electrons. The Labute approximate surface area is 168 Å². The van der Waals surface area contributed by atoms with E-state index in [9.17, 15) is 9.59 Å². The molecule has 0 aromatic heterocycles. The molecule has 1 fully saturated rings. The molecule has 8 heteroatoms. The minimum absolute atomic E-state index is 0. The molecule has 1 aliphatic rings. The van der Waals surface area contributed by atoms with Crippen LogP contribution in [0.25, 0.3) is 0 Å². The summed E-state index contributed by atoms with van der Waals surface area (Å²) in [5.41, 5.74) is 0. The van der Waals surface area contributed by atoms with Gasteiger partial charge in [-0.15, -0.1) is 24.0 Å². The number of halogens is 1. The number of ether oxygens (including phenoxy) is 1. The van der Waals surface area contributed by atoms with Crippen molar-refractivity contribution in [2.75, 3.05) is 33.2 Å². The lowest BCUT2D eigenvalue weighted by atomic mass is 9.93.